The Morgan fingerprint density at radius 2 is 2.16 bits per heavy atom. The standard InChI is InChI=1S/C14H15N3O2/c18-14-9-15-7-8-17(14)10-19-13-6-5-11-3-1-2-4-12(11)16-13/h1-6,15H,7-10H2. The minimum Gasteiger partial charge on any atom is -0.456 e. The number of amides is 1. The fourth-order valence-corrected chi connectivity index (χ4v) is 2.05. The molecular formula is C14H15N3O2. The zero-order valence-corrected chi connectivity index (χ0v) is 10.5. The third kappa shape index (κ3) is 2.66. The average Bonchev–Trinajstić information content (AvgIpc) is 2.46. The predicted molar refractivity (Wildman–Crippen MR) is 71.8 cm³/mol. The molecular weight excluding hydrogens is 242 g/mol. The number of nitrogens with zero attached hydrogens (tertiary/aromatic N) is 2. The van der Waals surface area contributed by atoms with Crippen molar-refractivity contribution >= 4 is 16.8 Å². The molecule has 2 heterocycles. The van der Waals surface area contributed by atoms with Crippen LogP contribution in [0.2, 0.25) is 0 Å². The van der Waals surface area contributed by atoms with Gasteiger partial charge in [-0.3, -0.25) is 4.79 Å². The highest BCUT2D eigenvalue weighted by atomic mass is 16.5. The molecule has 2 aromatic rings. The Hall–Kier alpha value is -2.14. The smallest absolute Gasteiger partial charge is 0.239 e. The molecule has 19 heavy (non-hydrogen) atoms. The summed E-state index contributed by atoms with van der Waals surface area (Å²) in [4.78, 5) is 17.7. The fourth-order valence-electron chi connectivity index (χ4n) is 2.05. The van der Waals surface area contributed by atoms with Crippen molar-refractivity contribution in [3.63, 3.8) is 0 Å². The van der Waals surface area contributed by atoms with Gasteiger partial charge in [0.15, 0.2) is 6.73 Å². The van der Waals surface area contributed by atoms with Gasteiger partial charge in [0.2, 0.25) is 11.8 Å². The number of hydrogen-bond donors (Lipinski definition) is 1. The van der Waals surface area contributed by atoms with Crippen molar-refractivity contribution < 1.29 is 9.53 Å². The van der Waals surface area contributed by atoms with Crippen molar-refractivity contribution in [2.24, 2.45) is 0 Å². The van der Waals surface area contributed by atoms with Crippen LogP contribution in [0.25, 0.3) is 10.9 Å². The molecule has 1 saturated heterocycles. The van der Waals surface area contributed by atoms with Crippen molar-refractivity contribution in [2.75, 3.05) is 26.4 Å². The third-order valence-corrected chi connectivity index (χ3v) is 3.13. The van der Waals surface area contributed by atoms with Gasteiger partial charge >= 0.3 is 0 Å². The summed E-state index contributed by atoms with van der Waals surface area (Å²) in [7, 11) is 0. The molecule has 98 valence electrons. The molecule has 1 aliphatic rings. The lowest BCUT2D eigenvalue weighted by molar-refractivity contribution is -0.135. The number of hydrogen-bond acceptors (Lipinski definition) is 4. The van der Waals surface area contributed by atoms with E-state index in [1.54, 1.807) is 4.90 Å². The summed E-state index contributed by atoms with van der Waals surface area (Å²) in [6.07, 6.45) is 0. The molecule has 1 fully saturated rings. The molecule has 0 atom stereocenters. The summed E-state index contributed by atoms with van der Waals surface area (Å²) in [5.41, 5.74) is 0.895. The first-order valence-electron chi connectivity index (χ1n) is 6.30. The fraction of sp³-hybridized carbons (Fsp3) is 0.286. The van der Waals surface area contributed by atoms with Crippen molar-refractivity contribution in [3.05, 3.63) is 36.4 Å². The molecule has 0 unspecified atom stereocenters. The Kier molecular flexibility index (Phi) is 3.29. The van der Waals surface area contributed by atoms with E-state index in [1.165, 1.54) is 0 Å². The predicted octanol–water partition coefficient (Wildman–Crippen LogP) is 1.00. The summed E-state index contributed by atoms with van der Waals surface area (Å²) in [5.74, 6) is 0.608. The monoisotopic (exact) mass is 257 g/mol. The number of pyridine rings is 1. The molecule has 1 N–H and O–H groups in total. The molecule has 5 heteroatoms. The van der Waals surface area contributed by atoms with Crippen LogP contribution in [0.1, 0.15) is 0 Å². The molecule has 0 bridgehead atoms. The number of aromatic nitrogens is 1. The maximum Gasteiger partial charge on any atom is 0.239 e. The Bertz CT molecular complexity index is 600. The van der Waals surface area contributed by atoms with E-state index in [9.17, 15) is 4.79 Å². The van der Waals surface area contributed by atoms with Crippen LogP contribution in [0.3, 0.4) is 0 Å². The summed E-state index contributed by atoms with van der Waals surface area (Å²) in [6.45, 7) is 2.12. The van der Waals surface area contributed by atoms with E-state index in [1.807, 2.05) is 36.4 Å². The first kappa shape index (κ1) is 11.9. The van der Waals surface area contributed by atoms with Gasteiger partial charge in [0.25, 0.3) is 0 Å². The number of para-hydroxylation sites is 1. The third-order valence-electron chi connectivity index (χ3n) is 3.13. The van der Waals surface area contributed by atoms with Gasteiger partial charge in [-0.2, -0.15) is 0 Å². The van der Waals surface area contributed by atoms with Gasteiger partial charge in [-0.1, -0.05) is 18.2 Å². The lowest BCUT2D eigenvalue weighted by atomic mass is 10.2. The number of nitrogens with one attached hydrogen (secondary N) is 1. The lowest BCUT2D eigenvalue weighted by Crippen LogP contribution is -2.49. The van der Waals surface area contributed by atoms with Crippen LogP contribution >= 0.6 is 0 Å². The van der Waals surface area contributed by atoms with Gasteiger partial charge in [0.1, 0.15) is 0 Å². The van der Waals surface area contributed by atoms with Gasteiger partial charge in [-0.05, 0) is 12.1 Å². The van der Waals surface area contributed by atoms with Gasteiger partial charge in [-0.25, -0.2) is 4.98 Å². The summed E-state index contributed by atoms with van der Waals surface area (Å²) < 4.78 is 5.59. The van der Waals surface area contributed by atoms with E-state index in [0.29, 0.717) is 19.0 Å². The Morgan fingerprint density at radius 3 is 3.05 bits per heavy atom. The highest BCUT2D eigenvalue weighted by Crippen LogP contribution is 2.16. The Labute approximate surface area is 111 Å². The number of rotatable bonds is 3. The van der Waals surface area contributed by atoms with E-state index in [-0.39, 0.29) is 12.6 Å². The molecule has 0 radical (unpaired) electrons. The van der Waals surface area contributed by atoms with Crippen LogP contribution in [0, 0.1) is 0 Å². The first-order valence-corrected chi connectivity index (χ1v) is 6.30. The van der Waals surface area contributed by atoms with Crippen molar-refractivity contribution in [1.82, 2.24) is 15.2 Å². The molecule has 1 aliphatic heterocycles. The zero-order valence-electron chi connectivity index (χ0n) is 10.5. The molecule has 0 saturated carbocycles. The Balaban J connectivity index is 1.69. The molecule has 1 aromatic carbocycles. The Morgan fingerprint density at radius 1 is 1.26 bits per heavy atom. The van der Waals surface area contributed by atoms with Crippen LogP contribution in [0.4, 0.5) is 0 Å². The lowest BCUT2D eigenvalue weighted by Gasteiger charge is -2.26. The van der Waals surface area contributed by atoms with Crippen molar-refractivity contribution in [3.8, 4) is 5.88 Å². The van der Waals surface area contributed by atoms with Crippen LogP contribution in [0.15, 0.2) is 36.4 Å². The summed E-state index contributed by atoms with van der Waals surface area (Å²) >= 11 is 0. The number of carbonyl (C=O) groups excluding carboxylic acids is 1. The second-order valence-electron chi connectivity index (χ2n) is 4.45. The van der Waals surface area contributed by atoms with Gasteiger partial charge < -0.3 is 15.0 Å². The number of ether oxygens (including phenoxy) is 1. The number of benzene rings is 1. The number of fused-ring (bicyclic) bond motifs is 1. The maximum absolute atomic E-state index is 11.6. The van der Waals surface area contributed by atoms with E-state index in [2.05, 4.69) is 10.3 Å². The van der Waals surface area contributed by atoms with E-state index >= 15 is 0 Å². The number of carbonyl (C=O) groups is 1. The molecule has 0 aliphatic carbocycles. The minimum atomic E-state index is 0.0621. The SMILES string of the molecule is O=C1CNCCN1COc1ccc2ccccc2n1. The quantitative estimate of drug-likeness (QED) is 0.891. The molecule has 1 aromatic heterocycles. The average molecular weight is 257 g/mol. The summed E-state index contributed by atoms with van der Waals surface area (Å²) in [6, 6.07) is 11.7. The van der Waals surface area contributed by atoms with Crippen molar-refractivity contribution in [1.29, 1.82) is 0 Å². The second-order valence-corrected chi connectivity index (χ2v) is 4.45. The first-order chi connectivity index (χ1) is 9.33. The van der Waals surface area contributed by atoms with Gasteiger partial charge in [0.05, 0.1) is 12.1 Å². The van der Waals surface area contributed by atoms with Crippen LogP contribution < -0.4 is 10.1 Å². The number of piperazine rings is 1. The van der Waals surface area contributed by atoms with Crippen LogP contribution in [-0.4, -0.2) is 42.2 Å². The van der Waals surface area contributed by atoms with E-state index in [0.717, 1.165) is 17.4 Å². The highest BCUT2D eigenvalue weighted by Gasteiger charge is 2.17. The van der Waals surface area contributed by atoms with Crippen molar-refractivity contribution in [2.45, 2.75) is 0 Å². The topological polar surface area (TPSA) is 54.5 Å². The molecule has 5 nitrogen and oxygen atoms in total. The minimum absolute atomic E-state index is 0.0621. The zero-order chi connectivity index (χ0) is 13.1. The maximum atomic E-state index is 11.6. The molecule has 1 amide bonds. The van der Waals surface area contributed by atoms with Gasteiger partial charge in [0, 0.05) is 24.5 Å². The molecule has 3 rings (SSSR count). The summed E-state index contributed by atoms with van der Waals surface area (Å²) in [5, 5.41) is 4.10. The van der Waals surface area contributed by atoms with E-state index in [4.69, 9.17) is 4.74 Å². The highest BCUT2D eigenvalue weighted by molar-refractivity contribution is 5.79. The van der Waals surface area contributed by atoms with E-state index < -0.39 is 0 Å². The van der Waals surface area contributed by atoms with Crippen LogP contribution in [-0.2, 0) is 4.79 Å². The normalized spacial score (nSPS) is 15.8. The largest absolute Gasteiger partial charge is 0.456 e. The molecule has 0 spiro atoms. The van der Waals surface area contributed by atoms with Gasteiger partial charge in [-0.15, -0.1) is 0 Å². The second kappa shape index (κ2) is 5.24. The van der Waals surface area contributed by atoms with Crippen LogP contribution in [0.5, 0.6) is 5.88 Å².